The van der Waals surface area contributed by atoms with Crippen molar-refractivity contribution in [1.82, 2.24) is 9.80 Å². The number of ether oxygens (including phenoxy) is 1. The number of rotatable bonds is 7. The summed E-state index contributed by atoms with van der Waals surface area (Å²) in [5.41, 5.74) is 0.872. The Labute approximate surface area is 191 Å². The summed E-state index contributed by atoms with van der Waals surface area (Å²) in [5, 5.41) is 11.4. The quantitative estimate of drug-likeness (QED) is 0.632. The van der Waals surface area contributed by atoms with Crippen LogP contribution in [0.15, 0.2) is 42.5 Å². The minimum absolute atomic E-state index is 0.0870. The monoisotopic (exact) mass is 462 g/mol. The van der Waals surface area contributed by atoms with Gasteiger partial charge in [-0.2, -0.15) is 0 Å². The largest absolute Gasteiger partial charge is 0.490 e. The smallest absolute Gasteiger partial charge is 0.261 e. The minimum atomic E-state index is -0.614. The Bertz CT molecular complexity index is 941. The molecule has 0 aliphatic carbocycles. The zero-order valence-electron chi connectivity index (χ0n) is 17.0. The number of carbonyl (C=O) groups excluding carboxylic acids is 2. The predicted octanol–water partition coefficient (Wildman–Crippen LogP) is 3.88. The maximum atomic E-state index is 12.4. The highest BCUT2D eigenvalue weighted by Gasteiger charge is 2.35. The Balaban J connectivity index is 1.21. The molecule has 1 saturated heterocycles. The molecule has 2 aliphatic rings. The van der Waals surface area contributed by atoms with Crippen LogP contribution in [0.3, 0.4) is 0 Å². The summed E-state index contributed by atoms with van der Waals surface area (Å²) in [6, 6.07) is 12.1. The van der Waals surface area contributed by atoms with E-state index in [1.54, 1.807) is 36.4 Å². The molecule has 1 atom stereocenters. The summed E-state index contributed by atoms with van der Waals surface area (Å²) in [6.45, 7) is 2.32. The van der Waals surface area contributed by atoms with E-state index >= 15 is 0 Å². The molecule has 2 aromatic carbocycles. The predicted molar refractivity (Wildman–Crippen MR) is 119 cm³/mol. The Kier molecular flexibility index (Phi) is 6.82. The SMILES string of the molecule is O=C1c2ccccc2C(=O)N1CCC(O)CN1CCC(Oc2ccc(Cl)c(Cl)c2)CC1. The molecule has 2 amide bonds. The second kappa shape index (κ2) is 9.57. The van der Waals surface area contributed by atoms with Crippen molar-refractivity contribution < 1.29 is 19.4 Å². The summed E-state index contributed by atoms with van der Waals surface area (Å²) in [6.07, 6.45) is 1.50. The van der Waals surface area contributed by atoms with Gasteiger partial charge in [-0.05, 0) is 43.5 Å². The van der Waals surface area contributed by atoms with Crippen molar-refractivity contribution >= 4 is 35.0 Å². The van der Waals surface area contributed by atoms with Crippen LogP contribution in [0.5, 0.6) is 5.75 Å². The van der Waals surface area contributed by atoms with Gasteiger partial charge in [0.15, 0.2) is 0 Å². The number of carbonyl (C=O) groups is 2. The van der Waals surface area contributed by atoms with E-state index in [4.69, 9.17) is 27.9 Å². The second-order valence-electron chi connectivity index (χ2n) is 7.94. The molecular formula is C23H24Cl2N2O4. The van der Waals surface area contributed by atoms with E-state index in [0.717, 1.165) is 25.9 Å². The third-order valence-corrected chi connectivity index (χ3v) is 6.50. The highest BCUT2D eigenvalue weighted by atomic mass is 35.5. The number of aliphatic hydroxyl groups excluding tert-OH is 1. The first kappa shape index (κ1) is 22.1. The number of imide groups is 1. The average Bonchev–Trinajstić information content (AvgIpc) is 3.01. The molecule has 1 N–H and O–H groups in total. The molecule has 4 rings (SSSR count). The lowest BCUT2D eigenvalue weighted by Gasteiger charge is -2.33. The van der Waals surface area contributed by atoms with Crippen LogP contribution in [0.2, 0.25) is 10.0 Å². The van der Waals surface area contributed by atoms with Crippen molar-refractivity contribution in [3.05, 3.63) is 63.6 Å². The van der Waals surface area contributed by atoms with Crippen LogP contribution in [-0.2, 0) is 0 Å². The molecule has 0 saturated carbocycles. The number of hydrogen-bond donors (Lipinski definition) is 1. The van der Waals surface area contributed by atoms with Gasteiger partial charge in [-0.1, -0.05) is 35.3 Å². The van der Waals surface area contributed by atoms with Crippen molar-refractivity contribution in [3.8, 4) is 5.75 Å². The lowest BCUT2D eigenvalue weighted by atomic mass is 10.1. The number of piperidine rings is 1. The van der Waals surface area contributed by atoms with E-state index < -0.39 is 6.10 Å². The number of halogens is 2. The van der Waals surface area contributed by atoms with Gasteiger partial charge in [0.2, 0.25) is 0 Å². The zero-order valence-corrected chi connectivity index (χ0v) is 18.5. The second-order valence-corrected chi connectivity index (χ2v) is 8.76. The Hall–Kier alpha value is -2.12. The van der Waals surface area contributed by atoms with E-state index in [1.165, 1.54) is 4.90 Å². The van der Waals surface area contributed by atoms with Gasteiger partial charge in [0, 0.05) is 32.2 Å². The van der Waals surface area contributed by atoms with E-state index in [2.05, 4.69) is 4.90 Å². The third kappa shape index (κ3) is 5.04. The lowest BCUT2D eigenvalue weighted by molar-refractivity contribution is 0.0485. The van der Waals surface area contributed by atoms with Gasteiger partial charge < -0.3 is 14.7 Å². The van der Waals surface area contributed by atoms with E-state index in [1.807, 2.05) is 6.07 Å². The molecular weight excluding hydrogens is 439 g/mol. The fraction of sp³-hybridized carbons (Fsp3) is 0.391. The van der Waals surface area contributed by atoms with Crippen LogP contribution in [0, 0.1) is 0 Å². The molecule has 0 spiro atoms. The van der Waals surface area contributed by atoms with Crippen LogP contribution in [0.25, 0.3) is 0 Å². The van der Waals surface area contributed by atoms with Crippen LogP contribution in [0.1, 0.15) is 40.0 Å². The molecule has 0 aromatic heterocycles. The summed E-state index contributed by atoms with van der Waals surface area (Å²) in [4.78, 5) is 28.2. The zero-order chi connectivity index (χ0) is 22.0. The third-order valence-electron chi connectivity index (χ3n) is 5.76. The molecule has 8 heteroatoms. The summed E-state index contributed by atoms with van der Waals surface area (Å²) in [7, 11) is 0. The molecule has 6 nitrogen and oxygen atoms in total. The number of benzene rings is 2. The molecule has 0 radical (unpaired) electrons. The van der Waals surface area contributed by atoms with Crippen molar-refractivity contribution in [1.29, 1.82) is 0 Å². The molecule has 164 valence electrons. The van der Waals surface area contributed by atoms with Crippen LogP contribution >= 0.6 is 23.2 Å². The van der Waals surface area contributed by atoms with Gasteiger partial charge in [0.1, 0.15) is 11.9 Å². The molecule has 31 heavy (non-hydrogen) atoms. The summed E-state index contributed by atoms with van der Waals surface area (Å²) >= 11 is 12.0. The molecule has 1 unspecified atom stereocenters. The normalized spacial score (nSPS) is 18.4. The molecule has 0 bridgehead atoms. The van der Waals surface area contributed by atoms with Crippen LogP contribution < -0.4 is 4.74 Å². The van der Waals surface area contributed by atoms with E-state index in [-0.39, 0.29) is 24.5 Å². The van der Waals surface area contributed by atoms with Gasteiger partial charge >= 0.3 is 0 Å². The Morgan fingerprint density at radius 3 is 2.26 bits per heavy atom. The van der Waals surface area contributed by atoms with Crippen molar-refractivity contribution in [2.45, 2.75) is 31.5 Å². The summed E-state index contributed by atoms with van der Waals surface area (Å²) < 4.78 is 6.00. The maximum absolute atomic E-state index is 12.4. The van der Waals surface area contributed by atoms with Gasteiger partial charge in [0.25, 0.3) is 11.8 Å². The topological polar surface area (TPSA) is 70.1 Å². The highest BCUT2D eigenvalue weighted by Crippen LogP contribution is 2.28. The number of likely N-dealkylation sites (tertiary alicyclic amines) is 1. The van der Waals surface area contributed by atoms with Gasteiger partial charge in [0.05, 0.1) is 27.3 Å². The van der Waals surface area contributed by atoms with Gasteiger partial charge in [-0.25, -0.2) is 0 Å². The minimum Gasteiger partial charge on any atom is -0.490 e. The van der Waals surface area contributed by atoms with Crippen LogP contribution in [-0.4, -0.2) is 65.1 Å². The van der Waals surface area contributed by atoms with Crippen molar-refractivity contribution in [2.24, 2.45) is 0 Å². The maximum Gasteiger partial charge on any atom is 0.261 e. The van der Waals surface area contributed by atoms with Crippen molar-refractivity contribution in [3.63, 3.8) is 0 Å². The standard InChI is InChI=1S/C23H24Cl2N2O4/c24-20-6-5-17(13-21(20)25)31-16-8-10-26(11-9-16)14-15(28)7-12-27-22(29)18-3-1-2-4-19(18)23(27)30/h1-6,13,15-16,28H,7-12,14H2. The number of β-amino-alcohol motifs (C(OH)–C–C–N with tert-alkyl or cyclic N) is 1. The number of hydrogen-bond acceptors (Lipinski definition) is 5. The van der Waals surface area contributed by atoms with E-state index in [0.29, 0.717) is 39.9 Å². The number of aliphatic hydroxyl groups is 1. The van der Waals surface area contributed by atoms with E-state index in [9.17, 15) is 14.7 Å². The fourth-order valence-electron chi connectivity index (χ4n) is 4.06. The first-order valence-corrected chi connectivity index (χ1v) is 11.2. The highest BCUT2D eigenvalue weighted by molar-refractivity contribution is 6.42. The van der Waals surface area contributed by atoms with Crippen molar-refractivity contribution in [2.75, 3.05) is 26.2 Å². The Morgan fingerprint density at radius 2 is 1.65 bits per heavy atom. The number of nitrogens with zero attached hydrogens (tertiary/aromatic N) is 2. The number of fused-ring (bicyclic) bond motifs is 1. The first-order valence-electron chi connectivity index (χ1n) is 10.4. The lowest BCUT2D eigenvalue weighted by Crippen LogP contribution is -2.43. The summed E-state index contributed by atoms with van der Waals surface area (Å²) in [5.74, 6) is 0.134. The molecule has 2 aromatic rings. The first-order chi connectivity index (χ1) is 14.9. The van der Waals surface area contributed by atoms with Gasteiger partial charge in [-0.15, -0.1) is 0 Å². The molecule has 2 heterocycles. The Morgan fingerprint density at radius 1 is 1.00 bits per heavy atom. The molecule has 1 fully saturated rings. The number of amides is 2. The fourth-order valence-corrected chi connectivity index (χ4v) is 4.35. The average molecular weight is 463 g/mol. The van der Waals surface area contributed by atoms with Gasteiger partial charge in [-0.3, -0.25) is 14.5 Å². The molecule has 2 aliphatic heterocycles. The van der Waals surface area contributed by atoms with Crippen LogP contribution in [0.4, 0.5) is 0 Å².